The molecule has 1 aromatic carbocycles. The van der Waals surface area contributed by atoms with Gasteiger partial charge in [-0.25, -0.2) is 9.78 Å². The van der Waals surface area contributed by atoms with Gasteiger partial charge in [0.15, 0.2) is 0 Å². The summed E-state index contributed by atoms with van der Waals surface area (Å²) in [6.45, 7) is 4.31. The van der Waals surface area contributed by atoms with Crippen LogP contribution in [0.25, 0.3) is 0 Å². The number of carbonyl (C=O) groups is 1. The van der Waals surface area contributed by atoms with E-state index in [4.69, 9.17) is 23.2 Å². The summed E-state index contributed by atoms with van der Waals surface area (Å²) in [6, 6.07) is 4.56. The first-order valence-corrected chi connectivity index (χ1v) is 7.45. The number of hydrogen-bond donors (Lipinski definition) is 2. The second-order valence-electron chi connectivity index (χ2n) is 4.21. The Kier molecular flexibility index (Phi) is 4.86. The first-order chi connectivity index (χ1) is 9.44. The van der Waals surface area contributed by atoms with E-state index in [1.807, 2.05) is 13.8 Å². The molecule has 0 spiro atoms. The Hall–Kier alpha value is -1.30. The number of rotatable bonds is 3. The Balaban J connectivity index is 1.94. The van der Waals surface area contributed by atoms with Gasteiger partial charge >= 0.3 is 6.03 Å². The maximum absolute atomic E-state index is 11.8. The first-order valence-electron chi connectivity index (χ1n) is 5.88. The molecule has 0 aliphatic carbocycles. The lowest BCUT2D eigenvalue weighted by atomic mass is 10.3. The van der Waals surface area contributed by atoms with E-state index in [1.54, 1.807) is 29.5 Å². The second-order valence-corrected chi connectivity index (χ2v) is 6.37. The van der Waals surface area contributed by atoms with Crippen LogP contribution in [-0.2, 0) is 6.54 Å². The minimum absolute atomic E-state index is 0.311. The number of aromatic nitrogens is 1. The number of amides is 2. The molecule has 0 bridgehead atoms. The van der Waals surface area contributed by atoms with Gasteiger partial charge in [0.1, 0.15) is 0 Å². The van der Waals surface area contributed by atoms with Gasteiger partial charge in [0, 0.05) is 20.6 Å². The quantitative estimate of drug-likeness (QED) is 0.877. The molecule has 0 saturated heterocycles. The molecule has 2 rings (SSSR count). The van der Waals surface area contributed by atoms with Crippen molar-refractivity contribution in [2.45, 2.75) is 20.4 Å². The molecule has 0 unspecified atom stereocenters. The summed E-state index contributed by atoms with van der Waals surface area (Å²) in [7, 11) is 0. The number of benzene rings is 1. The zero-order valence-corrected chi connectivity index (χ0v) is 13.3. The van der Waals surface area contributed by atoms with Crippen LogP contribution < -0.4 is 10.6 Å². The molecule has 1 aromatic heterocycles. The van der Waals surface area contributed by atoms with Crippen LogP contribution in [0, 0.1) is 13.8 Å². The third-order valence-electron chi connectivity index (χ3n) is 2.53. The fourth-order valence-corrected chi connectivity index (χ4v) is 3.10. The molecular formula is C13H13Cl2N3OS. The van der Waals surface area contributed by atoms with Crippen LogP contribution in [0.1, 0.15) is 15.6 Å². The maximum Gasteiger partial charge on any atom is 0.319 e. The SMILES string of the molecule is Cc1nc(C)c(CNC(=O)Nc2cc(Cl)cc(Cl)c2)s1. The van der Waals surface area contributed by atoms with Crippen LogP contribution >= 0.6 is 34.5 Å². The number of anilines is 1. The molecule has 1 heterocycles. The summed E-state index contributed by atoms with van der Waals surface area (Å²) in [6.07, 6.45) is 0. The average molecular weight is 330 g/mol. The third-order valence-corrected chi connectivity index (χ3v) is 4.04. The van der Waals surface area contributed by atoms with Crippen LogP contribution in [0.2, 0.25) is 10.0 Å². The smallest absolute Gasteiger partial charge is 0.319 e. The predicted octanol–water partition coefficient (Wildman–Crippen LogP) is 4.39. The first kappa shape index (κ1) is 15.1. The third kappa shape index (κ3) is 4.10. The van der Waals surface area contributed by atoms with Crippen molar-refractivity contribution in [3.05, 3.63) is 43.8 Å². The second kappa shape index (κ2) is 6.43. The number of nitrogens with one attached hydrogen (secondary N) is 2. The minimum atomic E-state index is -0.311. The lowest BCUT2D eigenvalue weighted by Gasteiger charge is -2.08. The highest BCUT2D eigenvalue weighted by Crippen LogP contribution is 2.22. The van der Waals surface area contributed by atoms with Crippen molar-refractivity contribution in [1.82, 2.24) is 10.3 Å². The largest absolute Gasteiger partial charge is 0.333 e. The molecule has 20 heavy (non-hydrogen) atoms. The van der Waals surface area contributed by atoms with Crippen molar-refractivity contribution in [3.8, 4) is 0 Å². The van der Waals surface area contributed by atoms with Crippen LogP contribution in [0.4, 0.5) is 10.5 Å². The summed E-state index contributed by atoms with van der Waals surface area (Å²) < 4.78 is 0. The Morgan fingerprint density at radius 3 is 2.45 bits per heavy atom. The van der Waals surface area contributed by atoms with E-state index in [0.717, 1.165) is 15.6 Å². The van der Waals surface area contributed by atoms with E-state index >= 15 is 0 Å². The fraction of sp³-hybridized carbons (Fsp3) is 0.231. The molecule has 106 valence electrons. The van der Waals surface area contributed by atoms with Gasteiger partial charge in [0.05, 0.1) is 17.2 Å². The number of thiazole rings is 1. The molecule has 0 aliphatic heterocycles. The molecule has 2 amide bonds. The predicted molar refractivity (Wildman–Crippen MR) is 83.9 cm³/mol. The van der Waals surface area contributed by atoms with E-state index in [1.165, 1.54) is 0 Å². The molecule has 0 fully saturated rings. The lowest BCUT2D eigenvalue weighted by molar-refractivity contribution is 0.252. The molecular weight excluding hydrogens is 317 g/mol. The molecule has 2 N–H and O–H groups in total. The van der Waals surface area contributed by atoms with Crippen LogP contribution in [0.15, 0.2) is 18.2 Å². The normalized spacial score (nSPS) is 10.4. The number of urea groups is 1. The van der Waals surface area contributed by atoms with Crippen molar-refractivity contribution in [2.24, 2.45) is 0 Å². The maximum atomic E-state index is 11.8. The van der Waals surface area contributed by atoms with Gasteiger partial charge in [-0.05, 0) is 32.0 Å². The summed E-state index contributed by atoms with van der Waals surface area (Å²) in [5, 5.41) is 7.40. The van der Waals surface area contributed by atoms with Gasteiger partial charge < -0.3 is 10.6 Å². The Morgan fingerprint density at radius 1 is 1.25 bits per heavy atom. The number of halogens is 2. The number of nitrogens with zero attached hydrogens (tertiary/aromatic N) is 1. The molecule has 0 aliphatic rings. The van der Waals surface area contributed by atoms with Crippen LogP contribution in [-0.4, -0.2) is 11.0 Å². The Morgan fingerprint density at radius 2 is 1.90 bits per heavy atom. The van der Waals surface area contributed by atoms with Crippen molar-refractivity contribution < 1.29 is 4.79 Å². The van der Waals surface area contributed by atoms with Gasteiger partial charge in [-0.3, -0.25) is 0 Å². The van der Waals surface area contributed by atoms with Crippen molar-refractivity contribution in [1.29, 1.82) is 0 Å². The fourth-order valence-electron chi connectivity index (χ4n) is 1.70. The summed E-state index contributed by atoms with van der Waals surface area (Å²) in [5.74, 6) is 0. The van der Waals surface area contributed by atoms with Gasteiger partial charge in [0.2, 0.25) is 0 Å². The Labute approximate surface area is 131 Å². The molecule has 0 saturated carbocycles. The van der Waals surface area contributed by atoms with Crippen molar-refractivity contribution in [3.63, 3.8) is 0 Å². The monoisotopic (exact) mass is 329 g/mol. The van der Waals surface area contributed by atoms with E-state index in [0.29, 0.717) is 22.3 Å². The molecule has 4 nitrogen and oxygen atoms in total. The highest BCUT2D eigenvalue weighted by molar-refractivity contribution is 7.11. The number of carbonyl (C=O) groups excluding carboxylic acids is 1. The van der Waals surface area contributed by atoms with Gasteiger partial charge in [-0.15, -0.1) is 11.3 Å². The van der Waals surface area contributed by atoms with Crippen molar-refractivity contribution >= 4 is 46.3 Å². The van der Waals surface area contributed by atoms with Gasteiger partial charge in [0.25, 0.3) is 0 Å². The molecule has 0 radical (unpaired) electrons. The van der Waals surface area contributed by atoms with Gasteiger partial charge in [-0.1, -0.05) is 23.2 Å². The summed E-state index contributed by atoms with van der Waals surface area (Å²) in [5.41, 5.74) is 1.50. The number of aryl methyl sites for hydroxylation is 2. The zero-order chi connectivity index (χ0) is 14.7. The number of hydrogen-bond acceptors (Lipinski definition) is 3. The standard InChI is InChI=1S/C13H13Cl2N3OS/c1-7-12(20-8(2)17-7)6-16-13(19)18-11-4-9(14)3-10(15)5-11/h3-5H,6H2,1-2H3,(H2,16,18,19). The van der Waals surface area contributed by atoms with E-state index < -0.39 is 0 Å². The molecule has 7 heteroatoms. The zero-order valence-electron chi connectivity index (χ0n) is 11.0. The van der Waals surface area contributed by atoms with Crippen LogP contribution in [0.3, 0.4) is 0 Å². The highest BCUT2D eigenvalue weighted by atomic mass is 35.5. The topological polar surface area (TPSA) is 54.0 Å². The van der Waals surface area contributed by atoms with E-state index in [9.17, 15) is 4.79 Å². The van der Waals surface area contributed by atoms with Crippen LogP contribution in [0.5, 0.6) is 0 Å². The van der Waals surface area contributed by atoms with E-state index in [2.05, 4.69) is 15.6 Å². The highest BCUT2D eigenvalue weighted by Gasteiger charge is 2.07. The molecule has 2 aromatic rings. The minimum Gasteiger partial charge on any atom is -0.333 e. The van der Waals surface area contributed by atoms with Gasteiger partial charge in [-0.2, -0.15) is 0 Å². The summed E-state index contributed by atoms with van der Waals surface area (Å²) in [4.78, 5) is 17.2. The van der Waals surface area contributed by atoms with E-state index in [-0.39, 0.29) is 6.03 Å². The van der Waals surface area contributed by atoms with Crippen molar-refractivity contribution in [2.75, 3.05) is 5.32 Å². The lowest BCUT2D eigenvalue weighted by Crippen LogP contribution is -2.28. The molecule has 0 atom stereocenters. The summed E-state index contributed by atoms with van der Waals surface area (Å²) >= 11 is 13.3. The average Bonchev–Trinajstić information content (AvgIpc) is 2.64. The Bertz CT molecular complexity index is 622.